The van der Waals surface area contributed by atoms with E-state index in [1.54, 1.807) is 0 Å². The van der Waals surface area contributed by atoms with Crippen LogP contribution in [-0.4, -0.2) is 5.11 Å². The first-order chi connectivity index (χ1) is 9.54. The lowest BCUT2D eigenvalue weighted by Crippen LogP contribution is -2.27. The Hall–Kier alpha value is -1.10. The number of benzene rings is 2. The van der Waals surface area contributed by atoms with E-state index in [2.05, 4.69) is 57.8 Å². The summed E-state index contributed by atoms with van der Waals surface area (Å²) in [6.45, 7) is 2.76. The lowest BCUT2D eigenvalue weighted by atomic mass is 10.1. The van der Waals surface area contributed by atoms with E-state index in [0.29, 0.717) is 16.7 Å². The predicted molar refractivity (Wildman–Crippen MR) is 93.4 cm³/mol. The Labute approximate surface area is 137 Å². The number of thiocarbonyl (C=S) groups is 1. The monoisotopic (exact) mass is 368 g/mol. The van der Waals surface area contributed by atoms with Crippen LogP contribution in [0.2, 0.25) is 5.02 Å². The predicted octanol–water partition coefficient (Wildman–Crippen LogP) is 4.90. The van der Waals surface area contributed by atoms with Crippen molar-refractivity contribution in [3.8, 4) is 0 Å². The third-order valence-electron chi connectivity index (χ3n) is 2.75. The van der Waals surface area contributed by atoms with Gasteiger partial charge in [-0.25, -0.2) is 0 Å². The van der Waals surface area contributed by atoms with Crippen molar-refractivity contribution in [3.05, 3.63) is 63.1 Å². The largest absolute Gasteiger partial charge is 0.358 e. The van der Waals surface area contributed by atoms with Gasteiger partial charge in [0, 0.05) is 16.7 Å². The van der Waals surface area contributed by atoms with Gasteiger partial charge >= 0.3 is 0 Å². The molecule has 0 aliphatic heterocycles. The molecular formula is C15H14BrClN2S. The zero-order chi connectivity index (χ0) is 14.5. The number of hydrogen-bond acceptors (Lipinski definition) is 1. The van der Waals surface area contributed by atoms with Crippen molar-refractivity contribution in [1.82, 2.24) is 5.32 Å². The summed E-state index contributed by atoms with van der Waals surface area (Å²) in [6.07, 6.45) is 0. The van der Waals surface area contributed by atoms with Gasteiger partial charge in [0.15, 0.2) is 5.11 Å². The number of hydrogen-bond donors (Lipinski definition) is 2. The van der Waals surface area contributed by atoms with Crippen LogP contribution in [0.4, 0.5) is 5.69 Å². The molecule has 0 amide bonds. The van der Waals surface area contributed by atoms with Gasteiger partial charge in [-0.05, 0) is 58.8 Å². The van der Waals surface area contributed by atoms with E-state index in [9.17, 15) is 0 Å². The molecule has 2 nitrogen and oxygen atoms in total. The molecule has 2 aromatic rings. The van der Waals surface area contributed by atoms with E-state index in [1.165, 1.54) is 11.1 Å². The maximum absolute atomic E-state index is 6.03. The fraction of sp³-hybridized carbons (Fsp3) is 0.133. The van der Waals surface area contributed by atoms with Crippen molar-refractivity contribution in [3.63, 3.8) is 0 Å². The van der Waals surface area contributed by atoms with Crippen molar-refractivity contribution in [2.24, 2.45) is 0 Å². The molecule has 0 bridgehead atoms. The molecule has 0 aliphatic carbocycles. The summed E-state index contributed by atoms with van der Waals surface area (Å²) >= 11 is 14.6. The zero-order valence-electron chi connectivity index (χ0n) is 10.9. The van der Waals surface area contributed by atoms with Crippen molar-refractivity contribution in [2.45, 2.75) is 13.5 Å². The summed E-state index contributed by atoms with van der Waals surface area (Å²) < 4.78 is 0.864. The van der Waals surface area contributed by atoms with Crippen molar-refractivity contribution in [2.75, 3.05) is 5.32 Å². The Morgan fingerprint density at radius 3 is 2.55 bits per heavy atom. The van der Waals surface area contributed by atoms with Crippen LogP contribution in [0.3, 0.4) is 0 Å². The Morgan fingerprint density at radius 1 is 1.20 bits per heavy atom. The molecule has 0 radical (unpaired) electrons. The van der Waals surface area contributed by atoms with Gasteiger partial charge in [-0.2, -0.15) is 0 Å². The lowest BCUT2D eigenvalue weighted by molar-refractivity contribution is 0.925. The van der Waals surface area contributed by atoms with Crippen LogP contribution < -0.4 is 10.6 Å². The standard InChI is InChI=1S/C15H14BrClN2S/c1-10-2-4-11(5-3-10)9-18-15(20)19-12-6-7-13(16)14(17)8-12/h2-8H,9H2,1H3,(H2,18,19,20). The molecule has 0 saturated carbocycles. The Morgan fingerprint density at radius 2 is 1.90 bits per heavy atom. The Balaban J connectivity index is 1.89. The van der Waals surface area contributed by atoms with Crippen LogP contribution in [0.25, 0.3) is 0 Å². The summed E-state index contributed by atoms with van der Waals surface area (Å²) in [5, 5.41) is 7.50. The molecular weight excluding hydrogens is 356 g/mol. The van der Waals surface area contributed by atoms with Crippen LogP contribution in [0.15, 0.2) is 46.9 Å². The van der Waals surface area contributed by atoms with Gasteiger partial charge in [0.25, 0.3) is 0 Å². The molecule has 0 saturated heterocycles. The van der Waals surface area contributed by atoms with Crippen LogP contribution in [0, 0.1) is 6.92 Å². The van der Waals surface area contributed by atoms with Gasteiger partial charge in [0.05, 0.1) is 5.02 Å². The van der Waals surface area contributed by atoms with Crippen LogP contribution in [0.1, 0.15) is 11.1 Å². The van der Waals surface area contributed by atoms with Crippen molar-refractivity contribution >= 4 is 50.5 Å². The average Bonchev–Trinajstić information content (AvgIpc) is 2.42. The minimum atomic E-state index is 0.573. The SMILES string of the molecule is Cc1ccc(CNC(=S)Nc2ccc(Br)c(Cl)c2)cc1. The average molecular weight is 370 g/mol. The van der Waals surface area contributed by atoms with Crippen LogP contribution >= 0.6 is 39.7 Å². The second-order valence-electron chi connectivity index (χ2n) is 4.42. The highest BCUT2D eigenvalue weighted by Gasteiger charge is 2.01. The second kappa shape index (κ2) is 7.07. The molecule has 2 rings (SSSR count). The van der Waals surface area contributed by atoms with Gasteiger partial charge in [-0.1, -0.05) is 41.4 Å². The molecule has 2 aromatic carbocycles. The summed E-state index contributed by atoms with van der Waals surface area (Å²) in [6, 6.07) is 14.0. The summed E-state index contributed by atoms with van der Waals surface area (Å²) in [4.78, 5) is 0. The second-order valence-corrected chi connectivity index (χ2v) is 6.09. The maximum Gasteiger partial charge on any atom is 0.171 e. The van der Waals surface area contributed by atoms with E-state index in [4.69, 9.17) is 23.8 Å². The summed E-state index contributed by atoms with van der Waals surface area (Å²) in [7, 11) is 0. The number of anilines is 1. The first kappa shape index (κ1) is 15.3. The van der Waals surface area contributed by atoms with Gasteiger partial charge in [0.1, 0.15) is 0 Å². The van der Waals surface area contributed by atoms with Gasteiger partial charge in [0.2, 0.25) is 0 Å². The minimum Gasteiger partial charge on any atom is -0.358 e. The van der Waals surface area contributed by atoms with E-state index in [0.717, 1.165) is 10.2 Å². The number of rotatable bonds is 3. The maximum atomic E-state index is 6.03. The van der Waals surface area contributed by atoms with Crippen LogP contribution in [0.5, 0.6) is 0 Å². The van der Waals surface area contributed by atoms with Gasteiger partial charge in [-0.15, -0.1) is 0 Å². The van der Waals surface area contributed by atoms with E-state index in [1.807, 2.05) is 18.2 Å². The third kappa shape index (κ3) is 4.47. The molecule has 20 heavy (non-hydrogen) atoms. The molecule has 104 valence electrons. The Kier molecular flexibility index (Phi) is 5.40. The third-order valence-corrected chi connectivity index (χ3v) is 4.23. The number of nitrogens with one attached hydrogen (secondary N) is 2. The van der Waals surface area contributed by atoms with E-state index >= 15 is 0 Å². The molecule has 5 heteroatoms. The van der Waals surface area contributed by atoms with Gasteiger partial charge < -0.3 is 10.6 Å². The van der Waals surface area contributed by atoms with Crippen molar-refractivity contribution in [1.29, 1.82) is 0 Å². The minimum absolute atomic E-state index is 0.573. The molecule has 2 N–H and O–H groups in total. The van der Waals surface area contributed by atoms with Crippen LogP contribution in [-0.2, 0) is 6.54 Å². The first-order valence-electron chi connectivity index (χ1n) is 6.10. The molecule has 0 unspecified atom stereocenters. The molecule has 0 spiro atoms. The topological polar surface area (TPSA) is 24.1 Å². The first-order valence-corrected chi connectivity index (χ1v) is 7.68. The molecule has 0 atom stereocenters. The van der Waals surface area contributed by atoms with Crippen molar-refractivity contribution < 1.29 is 0 Å². The smallest absolute Gasteiger partial charge is 0.171 e. The zero-order valence-corrected chi connectivity index (χ0v) is 14.1. The van der Waals surface area contributed by atoms with E-state index < -0.39 is 0 Å². The van der Waals surface area contributed by atoms with Gasteiger partial charge in [-0.3, -0.25) is 0 Å². The Bertz CT molecular complexity index is 614. The quantitative estimate of drug-likeness (QED) is 0.753. The fourth-order valence-electron chi connectivity index (χ4n) is 1.64. The summed E-state index contributed by atoms with van der Waals surface area (Å²) in [5.74, 6) is 0. The molecule has 0 fully saturated rings. The highest BCUT2D eigenvalue weighted by atomic mass is 79.9. The highest BCUT2D eigenvalue weighted by molar-refractivity contribution is 9.10. The normalized spacial score (nSPS) is 10.2. The molecule has 0 aromatic heterocycles. The molecule has 0 heterocycles. The summed E-state index contributed by atoms with van der Waals surface area (Å²) in [5.41, 5.74) is 3.30. The highest BCUT2D eigenvalue weighted by Crippen LogP contribution is 2.25. The molecule has 0 aliphatic rings. The fourth-order valence-corrected chi connectivity index (χ4v) is 2.25. The number of aryl methyl sites for hydroxylation is 1. The number of halogens is 2. The lowest BCUT2D eigenvalue weighted by Gasteiger charge is -2.11. The van der Waals surface area contributed by atoms with E-state index in [-0.39, 0.29) is 0 Å².